The highest BCUT2D eigenvalue weighted by atomic mass is 32.2. The maximum absolute atomic E-state index is 13.1. The second kappa shape index (κ2) is 13.1. The smallest absolute Gasteiger partial charge is 0.241 e. The number of aliphatic hydroxyl groups excluding tert-OH is 1. The van der Waals surface area contributed by atoms with E-state index in [9.17, 15) is 28.0 Å². The summed E-state index contributed by atoms with van der Waals surface area (Å²) in [7, 11) is -3.98. The summed E-state index contributed by atoms with van der Waals surface area (Å²) >= 11 is 0. The topological polar surface area (TPSA) is 143 Å². The molecule has 1 aliphatic rings. The van der Waals surface area contributed by atoms with Crippen LogP contribution in [0.4, 0.5) is 10.1 Å². The highest BCUT2D eigenvalue weighted by Crippen LogP contribution is 2.27. The molecule has 11 heteroatoms. The maximum Gasteiger partial charge on any atom is 0.241 e. The number of hydrogen-bond donors (Lipinski definition) is 5. The van der Waals surface area contributed by atoms with Crippen molar-refractivity contribution in [3.05, 3.63) is 64.6 Å². The van der Waals surface area contributed by atoms with Crippen molar-refractivity contribution < 1.29 is 33.1 Å². The number of hydrogen-bond acceptors (Lipinski definition) is 6. The number of quaternary nitrogens is 1. The Bertz CT molecular complexity index is 1230. The molecule has 0 aliphatic heterocycles. The van der Waals surface area contributed by atoms with E-state index in [0.29, 0.717) is 38.5 Å². The number of amides is 1. The average Bonchev–Trinajstić information content (AvgIpc) is 2.87. The summed E-state index contributed by atoms with van der Waals surface area (Å²) in [4.78, 5) is 12.5. The van der Waals surface area contributed by atoms with Crippen molar-refractivity contribution in [2.75, 3.05) is 6.61 Å². The number of carbonyl (C=O) groups excluding carboxylic acids is 1. The quantitative estimate of drug-likeness (QED) is 0.190. The van der Waals surface area contributed by atoms with Crippen LogP contribution in [0.1, 0.15) is 62.6 Å². The predicted octanol–water partition coefficient (Wildman–Crippen LogP) is 2.07. The Labute approximate surface area is 216 Å². The van der Waals surface area contributed by atoms with Crippen LogP contribution in [-0.2, 0) is 14.8 Å². The van der Waals surface area contributed by atoms with Gasteiger partial charge in [0.1, 0.15) is 5.82 Å². The summed E-state index contributed by atoms with van der Waals surface area (Å²) in [6.45, 7) is 1.80. The van der Waals surface area contributed by atoms with Crippen LogP contribution in [0.15, 0.2) is 47.4 Å². The van der Waals surface area contributed by atoms with Crippen molar-refractivity contribution in [1.82, 2.24) is 10.0 Å². The Morgan fingerprint density at radius 3 is 2.49 bits per heavy atom. The van der Waals surface area contributed by atoms with Gasteiger partial charge in [-0.3, -0.25) is 4.79 Å². The minimum atomic E-state index is -3.98. The van der Waals surface area contributed by atoms with Crippen molar-refractivity contribution in [1.29, 1.82) is 0 Å². The summed E-state index contributed by atoms with van der Waals surface area (Å²) in [6, 6.07) is 9.05. The zero-order chi connectivity index (χ0) is 27.0. The van der Waals surface area contributed by atoms with Crippen LogP contribution in [-0.4, -0.2) is 37.3 Å². The number of carbonyl (C=O) groups is 1. The van der Waals surface area contributed by atoms with Gasteiger partial charge in [-0.15, -0.1) is 0 Å². The summed E-state index contributed by atoms with van der Waals surface area (Å²) in [5.74, 6) is 4.76. The third-order valence-corrected chi connectivity index (χ3v) is 7.88. The number of rotatable bonds is 9. The van der Waals surface area contributed by atoms with Gasteiger partial charge in [-0.25, -0.2) is 22.7 Å². The van der Waals surface area contributed by atoms with Crippen LogP contribution in [0.25, 0.3) is 0 Å². The zero-order valence-corrected chi connectivity index (χ0v) is 21.4. The molecule has 0 bridgehead atoms. The lowest BCUT2D eigenvalue weighted by atomic mass is 9.85. The van der Waals surface area contributed by atoms with E-state index < -0.39 is 15.2 Å². The Balaban J connectivity index is 1.58. The highest BCUT2D eigenvalue weighted by Gasteiger charge is 2.30. The molecule has 0 heterocycles. The van der Waals surface area contributed by atoms with E-state index in [1.54, 1.807) is 12.1 Å². The monoisotopic (exact) mass is 533 g/mol. The van der Waals surface area contributed by atoms with Gasteiger partial charge in [-0.1, -0.05) is 24.0 Å². The first-order valence-corrected chi connectivity index (χ1v) is 13.6. The van der Waals surface area contributed by atoms with Gasteiger partial charge in [0.05, 0.1) is 16.5 Å². The van der Waals surface area contributed by atoms with Gasteiger partial charge in [0.15, 0.2) is 5.69 Å². The van der Waals surface area contributed by atoms with Gasteiger partial charge in [0.25, 0.3) is 0 Å². The number of nitrogens with one attached hydrogen (secondary N) is 3. The molecule has 1 unspecified atom stereocenters. The van der Waals surface area contributed by atoms with E-state index in [-0.39, 0.29) is 52.5 Å². The summed E-state index contributed by atoms with van der Waals surface area (Å²) in [5.41, 5.74) is 0.778. The number of sulfonamides is 1. The number of unbranched alkanes of at least 4 members (excludes halogenated alkanes) is 1. The van der Waals surface area contributed by atoms with Crippen molar-refractivity contribution in [3.8, 4) is 11.8 Å². The van der Waals surface area contributed by atoms with Crippen molar-refractivity contribution >= 4 is 21.6 Å². The molecule has 3 rings (SSSR count). The second-order valence-electron chi connectivity index (χ2n) is 9.09. The Morgan fingerprint density at radius 1 is 1.19 bits per heavy atom. The molecule has 37 heavy (non-hydrogen) atoms. The van der Waals surface area contributed by atoms with Gasteiger partial charge in [0.2, 0.25) is 15.9 Å². The van der Waals surface area contributed by atoms with E-state index in [2.05, 4.69) is 21.9 Å². The Morgan fingerprint density at radius 2 is 1.86 bits per heavy atom. The molecule has 1 aliphatic carbocycles. The van der Waals surface area contributed by atoms with Crippen molar-refractivity contribution in [2.45, 2.75) is 62.4 Å². The van der Waals surface area contributed by atoms with Gasteiger partial charge >= 0.3 is 0 Å². The molecule has 2 aromatic carbocycles. The summed E-state index contributed by atoms with van der Waals surface area (Å²) < 4.78 is 41.7. The molecule has 2 atom stereocenters. The first kappa shape index (κ1) is 28.7. The van der Waals surface area contributed by atoms with Gasteiger partial charge in [-0.05, 0) is 68.9 Å². The molecule has 200 valence electrons. The first-order valence-electron chi connectivity index (χ1n) is 12.2. The molecule has 1 fully saturated rings. The lowest BCUT2D eigenvalue weighted by Crippen LogP contribution is -2.99. The van der Waals surface area contributed by atoms with Crippen molar-refractivity contribution in [3.63, 3.8) is 0 Å². The fourth-order valence-corrected chi connectivity index (χ4v) is 5.56. The Hall–Kier alpha value is -2.85. The minimum Gasteiger partial charge on any atom is -0.595 e. The molecule has 0 aromatic heterocycles. The van der Waals surface area contributed by atoms with Crippen LogP contribution in [0, 0.1) is 28.8 Å². The number of aliphatic hydroxyl groups is 1. The zero-order valence-electron chi connectivity index (χ0n) is 20.5. The molecule has 9 nitrogen and oxygen atoms in total. The molecule has 1 amide bonds. The molecule has 0 radical (unpaired) electrons. The van der Waals surface area contributed by atoms with Crippen LogP contribution < -0.4 is 15.3 Å². The largest absolute Gasteiger partial charge is 0.595 e. The fourth-order valence-electron chi connectivity index (χ4n) is 4.23. The standard InChI is InChI=1S/C26H32FN3O6S/c1-18(19-6-11-22(27)12-7-19)28-26(32)21-8-13-23(14-9-21)29-37(35,36)24-15-10-20(5-3-2-4-16-31)25(17-24)30(33)34/h6-7,10-12,15,17-18,21,23,29-31,33H,2,4,8-9,13-14,16H2,1H3,(H,28,32)/t18-,21?,23?/m1/s1. The third kappa shape index (κ3) is 8.07. The summed E-state index contributed by atoms with van der Waals surface area (Å²) in [6.07, 6.45) is 2.77. The fraction of sp³-hybridized carbons (Fsp3) is 0.423. The van der Waals surface area contributed by atoms with Crippen LogP contribution in [0.2, 0.25) is 0 Å². The van der Waals surface area contributed by atoms with Crippen molar-refractivity contribution in [2.24, 2.45) is 5.92 Å². The van der Waals surface area contributed by atoms with E-state index in [0.717, 1.165) is 11.6 Å². The average molecular weight is 534 g/mol. The molecule has 5 N–H and O–H groups in total. The van der Waals surface area contributed by atoms with Gasteiger partial charge in [-0.2, -0.15) is 5.23 Å². The van der Waals surface area contributed by atoms with Gasteiger partial charge in [0, 0.05) is 31.1 Å². The second-order valence-corrected chi connectivity index (χ2v) is 10.8. The molecule has 0 saturated heterocycles. The highest BCUT2D eigenvalue weighted by molar-refractivity contribution is 7.89. The molecule has 0 spiro atoms. The molecular weight excluding hydrogens is 501 g/mol. The van der Waals surface area contributed by atoms with E-state index >= 15 is 0 Å². The SMILES string of the molecule is C[C@@H](NC(=O)C1CCC(NS(=O)(=O)c2ccc(C#CCCCO)c([NH+]([O-])O)c2)CC1)c1ccc(F)cc1. The maximum atomic E-state index is 13.1. The van der Waals surface area contributed by atoms with Crippen LogP contribution in [0.3, 0.4) is 0 Å². The molecular formula is C26H32FN3O6S. The van der Waals surface area contributed by atoms with E-state index in [1.165, 1.54) is 24.3 Å². The van der Waals surface area contributed by atoms with E-state index in [4.69, 9.17) is 5.11 Å². The summed E-state index contributed by atoms with van der Waals surface area (Å²) in [5, 5.41) is 31.7. The lowest BCUT2D eigenvalue weighted by Gasteiger charge is -2.29. The van der Waals surface area contributed by atoms with Crippen LogP contribution in [0.5, 0.6) is 0 Å². The van der Waals surface area contributed by atoms with E-state index in [1.807, 2.05) is 6.92 Å². The molecule has 1 saturated carbocycles. The predicted molar refractivity (Wildman–Crippen MR) is 134 cm³/mol. The Kier molecular flexibility index (Phi) is 10.2. The normalized spacial score (nSPS) is 19.4. The molecule has 2 aromatic rings. The minimum absolute atomic E-state index is 0.0228. The lowest BCUT2D eigenvalue weighted by molar-refractivity contribution is -0.991. The third-order valence-electron chi connectivity index (χ3n) is 6.36. The number of benzene rings is 2. The van der Waals surface area contributed by atoms with Crippen LogP contribution >= 0.6 is 0 Å². The number of halogens is 1. The van der Waals surface area contributed by atoms with Gasteiger partial charge < -0.3 is 15.6 Å². The first-order chi connectivity index (χ1) is 17.6.